The first kappa shape index (κ1) is 13.8. The Hall–Kier alpha value is -1.18. The van der Waals surface area contributed by atoms with Crippen LogP contribution < -0.4 is 5.32 Å². The molecule has 3 rings (SSSR count). The van der Waals surface area contributed by atoms with E-state index in [0.717, 1.165) is 15.6 Å². The van der Waals surface area contributed by atoms with E-state index >= 15 is 0 Å². The maximum absolute atomic E-state index is 6.21. The van der Waals surface area contributed by atoms with Crippen molar-refractivity contribution in [2.75, 3.05) is 5.32 Å². The largest absolute Gasteiger partial charge is 0.381 e. The molecular weight excluding hydrogens is 289 g/mol. The van der Waals surface area contributed by atoms with E-state index in [1.165, 1.54) is 42.5 Å². The molecule has 104 valence electrons. The van der Waals surface area contributed by atoms with Crippen molar-refractivity contribution in [1.29, 1.82) is 0 Å². The first-order valence-electron chi connectivity index (χ1n) is 7.02. The van der Waals surface area contributed by atoms with Crippen molar-refractivity contribution in [3.8, 4) is 0 Å². The van der Waals surface area contributed by atoms with Crippen molar-refractivity contribution in [3.63, 3.8) is 0 Å². The van der Waals surface area contributed by atoms with Gasteiger partial charge in [-0.3, -0.25) is 0 Å². The molecule has 0 atom stereocenters. The number of benzene rings is 2. The van der Waals surface area contributed by atoms with E-state index in [1.807, 2.05) is 18.2 Å². The molecule has 0 aliphatic heterocycles. The van der Waals surface area contributed by atoms with Gasteiger partial charge in [0, 0.05) is 22.3 Å². The summed E-state index contributed by atoms with van der Waals surface area (Å²) in [6.07, 6.45) is 4.95. The zero-order valence-corrected chi connectivity index (χ0v) is 12.8. The molecule has 0 spiro atoms. The Bertz CT molecular complexity index is 622. The molecule has 20 heavy (non-hydrogen) atoms. The molecule has 0 fully saturated rings. The van der Waals surface area contributed by atoms with Crippen molar-refractivity contribution >= 4 is 28.9 Å². The van der Waals surface area contributed by atoms with Gasteiger partial charge in [0.1, 0.15) is 0 Å². The standard InChI is InChI=1S/C17H17Cl2N/c18-14-8-9-16(19)13(10-14)11-20-17-7-3-5-12-4-1-2-6-15(12)17/h3,5,7-10,20H,1-2,4,6,11H2. The second-order valence-electron chi connectivity index (χ2n) is 5.24. The van der Waals surface area contributed by atoms with Crippen LogP contribution in [0.2, 0.25) is 10.0 Å². The number of hydrogen-bond acceptors (Lipinski definition) is 1. The van der Waals surface area contributed by atoms with Crippen molar-refractivity contribution in [2.24, 2.45) is 0 Å². The van der Waals surface area contributed by atoms with Crippen LogP contribution in [-0.2, 0) is 19.4 Å². The maximum Gasteiger partial charge on any atom is 0.0456 e. The van der Waals surface area contributed by atoms with Crippen LogP contribution >= 0.6 is 23.2 Å². The summed E-state index contributed by atoms with van der Waals surface area (Å²) in [7, 11) is 0. The molecule has 0 heterocycles. The van der Waals surface area contributed by atoms with Gasteiger partial charge in [-0.1, -0.05) is 35.3 Å². The van der Waals surface area contributed by atoms with Gasteiger partial charge in [0.25, 0.3) is 0 Å². The summed E-state index contributed by atoms with van der Waals surface area (Å²) in [5.74, 6) is 0. The predicted molar refractivity (Wildman–Crippen MR) is 86.9 cm³/mol. The van der Waals surface area contributed by atoms with Crippen molar-refractivity contribution in [3.05, 3.63) is 63.1 Å². The van der Waals surface area contributed by atoms with Crippen LogP contribution in [0.1, 0.15) is 29.5 Å². The fraction of sp³-hybridized carbons (Fsp3) is 0.294. The van der Waals surface area contributed by atoms with Crippen LogP contribution in [0.15, 0.2) is 36.4 Å². The van der Waals surface area contributed by atoms with Gasteiger partial charge in [-0.25, -0.2) is 0 Å². The number of anilines is 1. The highest BCUT2D eigenvalue weighted by Crippen LogP contribution is 2.29. The molecule has 1 N–H and O–H groups in total. The van der Waals surface area contributed by atoms with Crippen LogP contribution in [0.25, 0.3) is 0 Å². The highest BCUT2D eigenvalue weighted by molar-refractivity contribution is 6.33. The number of halogens is 2. The fourth-order valence-electron chi connectivity index (χ4n) is 2.82. The normalized spacial score (nSPS) is 13.9. The van der Waals surface area contributed by atoms with E-state index in [-0.39, 0.29) is 0 Å². The summed E-state index contributed by atoms with van der Waals surface area (Å²) in [4.78, 5) is 0. The summed E-state index contributed by atoms with van der Waals surface area (Å²) >= 11 is 12.2. The minimum atomic E-state index is 0.704. The van der Waals surface area contributed by atoms with Gasteiger partial charge in [0.05, 0.1) is 0 Å². The van der Waals surface area contributed by atoms with Crippen LogP contribution in [0, 0.1) is 0 Å². The zero-order valence-electron chi connectivity index (χ0n) is 11.3. The predicted octanol–water partition coefficient (Wildman–Crippen LogP) is 5.48. The molecule has 3 heteroatoms. The van der Waals surface area contributed by atoms with Gasteiger partial charge in [0.2, 0.25) is 0 Å². The lowest BCUT2D eigenvalue weighted by Gasteiger charge is -2.20. The number of rotatable bonds is 3. The lowest BCUT2D eigenvalue weighted by Crippen LogP contribution is -2.08. The van der Waals surface area contributed by atoms with Gasteiger partial charge in [0.15, 0.2) is 0 Å². The number of aryl methyl sites for hydroxylation is 1. The second-order valence-corrected chi connectivity index (χ2v) is 6.08. The summed E-state index contributed by atoms with van der Waals surface area (Å²) < 4.78 is 0. The first-order valence-corrected chi connectivity index (χ1v) is 7.78. The van der Waals surface area contributed by atoms with E-state index in [2.05, 4.69) is 23.5 Å². The molecule has 2 aromatic rings. The number of hydrogen-bond donors (Lipinski definition) is 1. The summed E-state index contributed by atoms with van der Waals surface area (Å²) in [6, 6.07) is 12.1. The molecule has 0 aromatic heterocycles. The summed E-state index contributed by atoms with van der Waals surface area (Å²) in [6.45, 7) is 0.704. The first-order chi connectivity index (χ1) is 9.74. The lowest BCUT2D eigenvalue weighted by molar-refractivity contribution is 0.686. The molecule has 2 aromatic carbocycles. The number of nitrogens with one attached hydrogen (secondary N) is 1. The Labute approximate surface area is 129 Å². The average Bonchev–Trinajstić information content (AvgIpc) is 2.48. The van der Waals surface area contributed by atoms with Crippen molar-refractivity contribution < 1.29 is 0 Å². The van der Waals surface area contributed by atoms with Gasteiger partial charge < -0.3 is 5.32 Å². The Balaban J connectivity index is 1.80. The Morgan fingerprint density at radius 2 is 1.85 bits per heavy atom. The smallest absolute Gasteiger partial charge is 0.0456 e. The molecule has 0 unspecified atom stereocenters. The fourth-order valence-corrected chi connectivity index (χ4v) is 3.20. The third kappa shape index (κ3) is 2.94. The second kappa shape index (κ2) is 6.07. The average molecular weight is 306 g/mol. The lowest BCUT2D eigenvalue weighted by atomic mass is 9.90. The quantitative estimate of drug-likeness (QED) is 0.791. The van der Waals surface area contributed by atoms with Crippen LogP contribution in [0.5, 0.6) is 0 Å². The molecule has 0 saturated carbocycles. The topological polar surface area (TPSA) is 12.0 Å². The Kier molecular flexibility index (Phi) is 4.18. The number of fused-ring (bicyclic) bond motifs is 1. The van der Waals surface area contributed by atoms with Gasteiger partial charge in [-0.05, 0) is 66.6 Å². The minimum Gasteiger partial charge on any atom is -0.381 e. The molecule has 1 aliphatic rings. The van der Waals surface area contributed by atoms with E-state index in [0.29, 0.717) is 6.54 Å². The molecule has 0 radical (unpaired) electrons. The maximum atomic E-state index is 6.21. The molecule has 1 nitrogen and oxygen atoms in total. The Morgan fingerprint density at radius 3 is 2.75 bits per heavy atom. The summed E-state index contributed by atoms with van der Waals surface area (Å²) in [5, 5.41) is 4.99. The van der Waals surface area contributed by atoms with Crippen LogP contribution in [0.4, 0.5) is 5.69 Å². The molecule has 0 bridgehead atoms. The van der Waals surface area contributed by atoms with E-state index in [9.17, 15) is 0 Å². The van der Waals surface area contributed by atoms with Gasteiger partial charge in [-0.2, -0.15) is 0 Å². The minimum absolute atomic E-state index is 0.704. The highest BCUT2D eigenvalue weighted by Gasteiger charge is 2.12. The monoisotopic (exact) mass is 305 g/mol. The van der Waals surface area contributed by atoms with Crippen LogP contribution in [0.3, 0.4) is 0 Å². The third-order valence-corrected chi connectivity index (χ3v) is 4.48. The highest BCUT2D eigenvalue weighted by atomic mass is 35.5. The SMILES string of the molecule is Clc1ccc(Cl)c(CNc2cccc3c2CCCC3)c1. The van der Waals surface area contributed by atoms with Crippen molar-refractivity contribution in [2.45, 2.75) is 32.2 Å². The summed E-state index contributed by atoms with van der Waals surface area (Å²) in [5.41, 5.74) is 5.22. The van der Waals surface area contributed by atoms with E-state index < -0.39 is 0 Å². The van der Waals surface area contributed by atoms with E-state index in [1.54, 1.807) is 0 Å². The molecule has 0 saturated heterocycles. The zero-order chi connectivity index (χ0) is 13.9. The molecule has 0 amide bonds. The molecule has 1 aliphatic carbocycles. The third-order valence-electron chi connectivity index (χ3n) is 3.87. The Morgan fingerprint density at radius 1 is 1.00 bits per heavy atom. The molecular formula is C17H17Cl2N. The van der Waals surface area contributed by atoms with Gasteiger partial charge in [-0.15, -0.1) is 0 Å². The van der Waals surface area contributed by atoms with Gasteiger partial charge >= 0.3 is 0 Å². The van der Waals surface area contributed by atoms with Crippen LogP contribution in [-0.4, -0.2) is 0 Å². The van der Waals surface area contributed by atoms with E-state index in [4.69, 9.17) is 23.2 Å². The van der Waals surface area contributed by atoms with Crippen molar-refractivity contribution in [1.82, 2.24) is 0 Å².